The highest BCUT2D eigenvalue weighted by atomic mass is 16.5. The summed E-state index contributed by atoms with van der Waals surface area (Å²) in [4.78, 5) is 30.1. The number of carbonyl (C=O) groups excluding carboxylic acids is 2. The van der Waals surface area contributed by atoms with Crippen molar-refractivity contribution in [2.45, 2.75) is 38.5 Å². The molecule has 1 aliphatic carbocycles. The second-order valence-corrected chi connectivity index (χ2v) is 9.65. The summed E-state index contributed by atoms with van der Waals surface area (Å²) in [5.74, 6) is -0.131. The molecule has 1 saturated carbocycles. The molecule has 2 aliphatic rings. The molecule has 0 bridgehead atoms. The Labute approximate surface area is 211 Å². The number of amides is 2. The first kappa shape index (κ1) is 24.1. The van der Waals surface area contributed by atoms with Crippen molar-refractivity contribution in [2.24, 2.45) is 5.73 Å². The Balaban J connectivity index is 1.45. The molecule has 0 atom stereocenters. The van der Waals surface area contributed by atoms with Gasteiger partial charge in [-0.25, -0.2) is 4.68 Å². The first-order valence-electron chi connectivity index (χ1n) is 12.6. The minimum Gasteiger partial charge on any atom is -0.497 e. The van der Waals surface area contributed by atoms with Gasteiger partial charge < -0.3 is 20.3 Å². The van der Waals surface area contributed by atoms with E-state index >= 15 is 0 Å². The maximum Gasteiger partial charge on any atom is 0.277 e. The SMILES string of the molecule is CCN(CC)CC1(c2ccc(N3CCc4c(C(N)=O)nn(-c5ccc(OC)cc5)c4C3=O)cc2)CC1. The van der Waals surface area contributed by atoms with E-state index in [4.69, 9.17) is 10.5 Å². The lowest BCUT2D eigenvalue weighted by molar-refractivity contribution is 0.0972. The molecule has 8 nitrogen and oxygen atoms in total. The number of hydrogen-bond donors (Lipinski definition) is 1. The fraction of sp³-hybridized carbons (Fsp3) is 0.393. The van der Waals surface area contributed by atoms with Crippen molar-refractivity contribution >= 4 is 17.5 Å². The van der Waals surface area contributed by atoms with E-state index in [1.165, 1.54) is 23.1 Å². The zero-order valence-corrected chi connectivity index (χ0v) is 21.2. The van der Waals surface area contributed by atoms with E-state index in [0.717, 1.165) is 25.3 Å². The van der Waals surface area contributed by atoms with Crippen molar-refractivity contribution in [3.63, 3.8) is 0 Å². The number of ether oxygens (including phenoxy) is 1. The van der Waals surface area contributed by atoms with Crippen LogP contribution in [-0.4, -0.2) is 59.8 Å². The van der Waals surface area contributed by atoms with Gasteiger partial charge in [-0.05, 0) is 74.3 Å². The summed E-state index contributed by atoms with van der Waals surface area (Å²) in [5.41, 5.74) is 9.83. The number of benzene rings is 2. The highest BCUT2D eigenvalue weighted by molar-refractivity contribution is 6.09. The zero-order chi connectivity index (χ0) is 25.4. The van der Waals surface area contributed by atoms with Crippen molar-refractivity contribution in [1.29, 1.82) is 0 Å². The Bertz CT molecular complexity index is 1270. The first-order valence-corrected chi connectivity index (χ1v) is 12.6. The Hall–Kier alpha value is -3.65. The number of primary amides is 1. The van der Waals surface area contributed by atoms with Crippen molar-refractivity contribution in [3.05, 3.63) is 71.0 Å². The molecule has 3 aromatic rings. The topological polar surface area (TPSA) is 93.7 Å². The molecule has 5 rings (SSSR count). The highest BCUT2D eigenvalue weighted by Gasteiger charge is 2.45. The number of likely N-dealkylation sites (N-methyl/N-ethyl adjacent to an activating group) is 1. The number of methoxy groups -OCH3 is 1. The number of fused-ring (bicyclic) bond motifs is 1. The predicted molar refractivity (Wildman–Crippen MR) is 139 cm³/mol. The third-order valence-electron chi connectivity index (χ3n) is 7.63. The van der Waals surface area contributed by atoms with Gasteiger partial charge in [0.15, 0.2) is 5.69 Å². The predicted octanol–water partition coefficient (Wildman–Crippen LogP) is 3.56. The number of aromatic nitrogens is 2. The fourth-order valence-electron chi connectivity index (χ4n) is 5.27. The molecule has 0 unspecified atom stereocenters. The number of carbonyl (C=O) groups is 2. The van der Waals surface area contributed by atoms with Gasteiger partial charge in [-0.2, -0.15) is 5.10 Å². The van der Waals surface area contributed by atoms with Crippen molar-refractivity contribution in [1.82, 2.24) is 14.7 Å². The molecular weight excluding hydrogens is 454 g/mol. The zero-order valence-electron chi connectivity index (χ0n) is 21.2. The maximum atomic E-state index is 13.8. The Morgan fingerprint density at radius 1 is 1.06 bits per heavy atom. The third-order valence-corrected chi connectivity index (χ3v) is 7.63. The fourth-order valence-corrected chi connectivity index (χ4v) is 5.27. The molecular formula is C28H33N5O3. The van der Waals surface area contributed by atoms with E-state index in [1.54, 1.807) is 24.1 Å². The van der Waals surface area contributed by atoms with Crippen molar-refractivity contribution < 1.29 is 14.3 Å². The molecule has 2 N–H and O–H groups in total. The summed E-state index contributed by atoms with van der Waals surface area (Å²) < 4.78 is 6.78. The highest BCUT2D eigenvalue weighted by Crippen LogP contribution is 2.49. The van der Waals surface area contributed by atoms with Crippen LogP contribution in [0.2, 0.25) is 0 Å². The van der Waals surface area contributed by atoms with Crippen molar-refractivity contribution in [2.75, 3.05) is 38.2 Å². The molecule has 2 heterocycles. The number of rotatable bonds is 9. The van der Waals surface area contributed by atoms with Crippen LogP contribution in [0.5, 0.6) is 5.75 Å². The molecule has 8 heteroatoms. The molecule has 0 saturated heterocycles. The smallest absolute Gasteiger partial charge is 0.277 e. The minimum absolute atomic E-state index is 0.149. The normalized spacial score (nSPS) is 16.2. The number of nitrogens with two attached hydrogens (primary N) is 1. The summed E-state index contributed by atoms with van der Waals surface area (Å²) >= 11 is 0. The van der Waals surface area contributed by atoms with E-state index in [-0.39, 0.29) is 17.0 Å². The van der Waals surface area contributed by atoms with Crippen LogP contribution in [0.4, 0.5) is 5.69 Å². The molecule has 2 aromatic carbocycles. The van der Waals surface area contributed by atoms with Crippen LogP contribution in [0.25, 0.3) is 5.69 Å². The Kier molecular flexibility index (Phi) is 6.30. The van der Waals surface area contributed by atoms with Gasteiger partial charge >= 0.3 is 0 Å². The molecule has 1 fully saturated rings. The average molecular weight is 488 g/mol. The lowest BCUT2D eigenvalue weighted by Crippen LogP contribution is -2.39. The van der Waals surface area contributed by atoms with Gasteiger partial charge in [0.2, 0.25) is 0 Å². The van der Waals surface area contributed by atoms with E-state index in [0.29, 0.717) is 35.7 Å². The van der Waals surface area contributed by atoms with Crippen LogP contribution >= 0.6 is 0 Å². The van der Waals surface area contributed by atoms with Gasteiger partial charge in [-0.3, -0.25) is 9.59 Å². The Morgan fingerprint density at radius 3 is 2.25 bits per heavy atom. The van der Waals surface area contributed by atoms with Gasteiger partial charge in [0, 0.05) is 29.8 Å². The van der Waals surface area contributed by atoms with Crippen LogP contribution in [-0.2, 0) is 11.8 Å². The van der Waals surface area contributed by atoms with Gasteiger partial charge in [-0.1, -0.05) is 26.0 Å². The minimum atomic E-state index is -0.632. The van der Waals surface area contributed by atoms with Gasteiger partial charge in [0.05, 0.1) is 12.8 Å². The van der Waals surface area contributed by atoms with Gasteiger partial charge in [-0.15, -0.1) is 0 Å². The summed E-state index contributed by atoms with van der Waals surface area (Å²) in [6.45, 7) is 8.05. The standard InChI is InChI=1S/C28H33N5O3/c1-4-31(5-2)18-28(15-16-28)19-6-8-20(9-7-19)32-17-14-23-24(26(29)34)30-33(25(23)27(32)35)21-10-12-22(36-3)13-11-21/h6-13H,4-5,14-18H2,1-3H3,(H2,29,34). The summed E-state index contributed by atoms with van der Waals surface area (Å²) in [5, 5.41) is 4.44. The molecule has 36 heavy (non-hydrogen) atoms. The van der Waals surface area contributed by atoms with Crippen LogP contribution in [0, 0.1) is 0 Å². The maximum absolute atomic E-state index is 13.8. The monoisotopic (exact) mass is 487 g/mol. The van der Waals surface area contributed by atoms with Crippen LogP contribution in [0.3, 0.4) is 0 Å². The molecule has 1 aromatic heterocycles. The number of hydrogen-bond acceptors (Lipinski definition) is 5. The number of nitrogens with zero attached hydrogens (tertiary/aromatic N) is 4. The van der Waals surface area contributed by atoms with E-state index in [1.807, 2.05) is 24.3 Å². The van der Waals surface area contributed by atoms with E-state index < -0.39 is 5.91 Å². The summed E-state index contributed by atoms with van der Waals surface area (Å²) in [6.07, 6.45) is 2.90. The Morgan fingerprint density at radius 2 is 1.69 bits per heavy atom. The third kappa shape index (κ3) is 4.15. The quantitative estimate of drug-likeness (QED) is 0.498. The molecule has 2 amide bonds. The van der Waals surface area contributed by atoms with Crippen molar-refractivity contribution in [3.8, 4) is 11.4 Å². The number of anilines is 1. The van der Waals surface area contributed by atoms with Gasteiger partial charge in [0.25, 0.3) is 11.8 Å². The van der Waals surface area contributed by atoms with Crippen LogP contribution < -0.4 is 15.4 Å². The largest absolute Gasteiger partial charge is 0.497 e. The molecule has 0 spiro atoms. The summed E-state index contributed by atoms with van der Waals surface area (Å²) in [7, 11) is 1.59. The second kappa shape index (κ2) is 9.43. The van der Waals surface area contributed by atoms with E-state index in [9.17, 15) is 9.59 Å². The average Bonchev–Trinajstić information content (AvgIpc) is 3.58. The molecule has 1 aliphatic heterocycles. The lowest BCUT2D eigenvalue weighted by Gasteiger charge is -2.29. The first-order chi connectivity index (χ1) is 17.4. The molecule has 188 valence electrons. The van der Waals surface area contributed by atoms with Gasteiger partial charge in [0.1, 0.15) is 11.4 Å². The van der Waals surface area contributed by atoms with E-state index in [2.05, 4.69) is 36.0 Å². The van der Waals surface area contributed by atoms with Crippen LogP contribution in [0.15, 0.2) is 48.5 Å². The summed E-state index contributed by atoms with van der Waals surface area (Å²) in [6, 6.07) is 15.6. The molecule has 0 radical (unpaired) electrons. The lowest BCUT2D eigenvalue weighted by atomic mass is 9.94. The second-order valence-electron chi connectivity index (χ2n) is 9.65. The van der Waals surface area contributed by atoms with Crippen LogP contribution in [0.1, 0.15) is 58.8 Å².